The number of aromatic nitrogens is 1. The average molecular weight is 250 g/mol. The number of hydrogen-bond acceptors (Lipinski definition) is 3. The number of nitrogens with zero attached hydrogens (tertiary/aromatic N) is 1. The predicted octanol–water partition coefficient (Wildman–Crippen LogP) is 0.127. The molecule has 18 heavy (non-hydrogen) atoms. The Morgan fingerprint density at radius 1 is 1.44 bits per heavy atom. The highest BCUT2D eigenvalue weighted by Gasteiger charge is 2.41. The van der Waals surface area contributed by atoms with Crippen molar-refractivity contribution < 1.29 is 9.90 Å². The first-order valence-electron chi connectivity index (χ1n) is 6.18. The second-order valence-electron chi connectivity index (χ2n) is 4.92. The Kier molecular flexibility index (Phi) is 3.81. The lowest BCUT2D eigenvalue weighted by Crippen LogP contribution is -2.33. The van der Waals surface area contributed by atoms with Crippen LogP contribution in [0, 0.1) is 5.41 Å². The van der Waals surface area contributed by atoms with Crippen LogP contribution in [0.4, 0.5) is 0 Å². The average Bonchev–Trinajstić information content (AvgIpc) is 3.16. The Morgan fingerprint density at radius 3 is 2.83 bits per heavy atom. The van der Waals surface area contributed by atoms with E-state index in [1.54, 1.807) is 18.3 Å². The van der Waals surface area contributed by atoms with E-state index in [0.717, 1.165) is 12.8 Å². The van der Waals surface area contributed by atoms with Gasteiger partial charge in [0.25, 0.3) is 5.56 Å². The topological polar surface area (TPSA) is 71.3 Å². The molecule has 5 heteroatoms. The van der Waals surface area contributed by atoms with Crippen molar-refractivity contribution in [2.45, 2.75) is 25.8 Å². The van der Waals surface area contributed by atoms with Gasteiger partial charge in [-0.25, -0.2) is 0 Å². The third-order valence-electron chi connectivity index (χ3n) is 3.43. The summed E-state index contributed by atoms with van der Waals surface area (Å²) in [4.78, 5) is 23.0. The molecule has 0 unspecified atom stereocenters. The molecule has 0 atom stereocenters. The van der Waals surface area contributed by atoms with Crippen LogP contribution in [0.2, 0.25) is 0 Å². The van der Waals surface area contributed by atoms with Gasteiger partial charge in [-0.2, -0.15) is 0 Å². The molecule has 1 aromatic heterocycles. The van der Waals surface area contributed by atoms with Crippen LogP contribution < -0.4 is 10.9 Å². The number of pyridine rings is 1. The molecule has 1 heterocycles. The number of aliphatic hydroxyl groups is 1. The molecule has 1 amide bonds. The molecule has 2 N–H and O–H groups in total. The van der Waals surface area contributed by atoms with Crippen LogP contribution >= 0.6 is 0 Å². The van der Waals surface area contributed by atoms with Gasteiger partial charge in [0.15, 0.2) is 0 Å². The summed E-state index contributed by atoms with van der Waals surface area (Å²) < 4.78 is 1.51. The fourth-order valence-corrected chi connectivity index (χ4v) is 1.81. The number of rotatable bonds is 6. The van der Waals surface area contributed by atoms with E-state index in [4.69, 9.17) is 5.11 Å². The van der Waals surface area contributed by atoms with E-state index in [9.17, 15) is 9.59 Å². The van der Waals surface area contributed by atoms with E-state index < -0.39 is 0 Å². The van der Waals surface area contributed by atoms with E-state index >= 15 is 0 Å². The first-order chi connectivity index (χ1) is 8.65. The summed E-state index contributed by atoms with van der Waals surface area (Å²) in [6.45, 7) is 1.05. The second kappa shape index (κ2) is 5.35. The van der Waals surface area contributed by atoms with Crippen molar-refractivity contribution in [3.05, 3.63) is 34.7 Å². The van der Waals surface area contributed by atoms with Crippen molar-refractivity contribution in [1.82, 2.24) is 9.88 Å². The van der Waals surface area contributed by atoms with Crippen molar-refractivity contribution in [2.24, 2.45) is 5.41 Å². The van der Waals surface area contributed by atoms with E-state index in [1.165, 1.54) is 10.6 Å². The Bertz CT molecular complexity index is 477. The number of carbonyl (C=O) groups excluding carboxylic acids is 1. The van der Waals surface area contributed by atoms with Gasteiger partial charge in [-0.15, -0.1) is 0 Å². The summed E-state index contributed by atoms with van der Waals surface area (Å²) in [5, 5.41) is 11.9. The van der Waals surface area contributed by atoms with E-state index in [-0.39, 0.29) is 29.9 Å². The maximum Gasteiger partial charge on any atom is 0.250 e. The number of hydrogen-bond donors (Lipinski definition) is 2. The van der Waals surface area contributed by atoms with Gasteiger partial charge in [0.1, 0.15) is 0 Å². The minimum Gasteiger partial charge on any atom is -0.396 e. The zero-order valence-corrected chi connectivity index (χ0v) is 10.3. The monoisotopic (exact) mass is 250 g/mol. The molecular weight excluding hydrogens is 232 g/mol. The van der Waals surface area contributed by atoms with Crippen molar-refractivity contribution in [3.63, 3.8) is 0 Å². The molecule has 0 saturated heterocycles. The van der Waals surface area contributed by atoms with Gasteiger partial charge in [0.2, 0.25) is 5.91 Å². The molecule has 0 spiro atoms. The number of aryl methyl sites for hydroxylation is 1. The predicted molar refractivity (Wildman–Crippen MR) is 67.1 cm³/mol. The summed E-state index contributed by atoms with van der Waals surface area (Å²) >= 11 is 0. The lowest BCUT2D eigenvalue weighted by molar-refractivity contribution is -0.121. The highest BCUT2D eigenvalue weighted by molar-refractivity contribution is 5.75. The van der Waals surface area contributed by atoms with Gasteiger partial charge in [-0.05, 0) is 18.9 Å². The zero-order valence-electron chi connectivity index (χ0n) is 10.3. The lowest BCUT2D eigenvalue weighted by Gasteiger charge is -2.12. The molecule has 5 nitrogen and oxygen atoms in total. The largest absolute Gasteiger partial charge is 0.396 e. The fourth-order valence-electron chi connectivity index (χ4n) is 1.81. The quantitative estimate of drug-likeness (QED) is 0.753. The molecule has 0 bridgehead atoms. The van der Waals surface area contributed by atoms with Gasteiger partial charge in [-0.3, -0.25) is 9.59 Å². The molecule has 2 rings (SSSR count). The van der Waals surface area contributed by atoms with Crippen LogP contribution in [0.25, 0.3) is 0 Å². The van der Waals surface area contributed by atoms with Crippen molar-refractivity contribution >= 4 is 5.91 Å². The molecule has 0 radical (unpaired) electrons. The molecule has 0 aromatic carbocycles. The van der Waals surface area contributed by atoms with E-state index in [1.807, 2.05) is 0 Å². The maximum absolute atomic E-state index is 11.6. The first-order valence-corrected chi connectivity index (χ1v) is 6.18. The summed E-state index contributed by atoms with van der Waals surface area (Å²) in [6, 6.07) is 4.92. The summed E-state index contributed by atoms with van der Waals surface area (Å²) in [7, 11) is 0. The van der Waals surface area contributed by atoms with Crippen LogP contribution in [-0.4, -0.2) is 28.7 Å². The smallest absolute Gasteiger partial charge is 0.250 e. The zero-order chi connectivity index (χ0) is 13.0. The maximum atomic E-state index is 11.6. The first kappa shape index (κ1) is 12.8. The highest BCUT2D eigenvalue weighted by atomic mass is 16.3. The summed E-state index contributed by atoms with van der Waals surface area (Å²) in [5.41, 5.74) is -0.168. The number of amides is 1. The number of aliphatic hydroxyl groups excluding tert-OH is 1. The molecule has 98 valence electrons. The van der Waals surface area contributed by atoms with E-state index in [2.05, 4.69) is 5.32 Å². The van der Waals surface area contributed by atoms with Gasteiger partial charge >= 0.3 is 0 Å². The molecule has 1 saturated carbocycles. The third-order valence-corrected chi connectivity index (χ3v) is 3.43. The Balaban J connectivity index is 1.75. The van der Waals surface area contributed by atoms with Crippen LogP contribution in [0.5, 0.6) is 0 Å². The Hall–Kier alpha value is -1.62. The minimum atomic E-state index is -0.0979. The SMILES string of the molecule is O=C(CCn1ccccc1=O)NCC1(CO)CC1. The lowest BCUT2D eigenvalue weighted by atomic mass is 10.1. The van der Waals surface area contributed by atoms with Crippen LogP contribution in [0.3, 0.4) is 0 Å². The normalized spacial score (nSPS) is 16.3. The van der Waals surface area contributed by atoms with Crippen molar-refractivity contribution in [3.8, 4) is 0 Å². The van der Waals surface area contributed by atoms with Crippen LogP contribution in [0.15, 0.2) is 29.2 Å². The van der Waals surface area contributed by atoms with Crippen molar-refractivity contribution in [1.29, 1.82) is 0 Å². The minimum absolute atomic E-state index is 0.0702. The highest BCUT2D eigenvalue weighted by Crippen LogP contribution is 2.44. The molecular formula is C13H18N2O3. The molecule has 1 aliphatic carbocycles. The van der Waals surface area contributed by atoms with Gasteiger partial charge in [-0.1, -0.05) is 6.07 Å². The Morgan fingerprint density at radius 2 is 2.22 bits per heavy atom. The van der Waals surface area contributed by atoms with Crippen LogP contribution in [0.1, 0.15) is 19.3 Å². The second-order valence-corrected chi connectivity index (χ2v) is 4.92. The van der Waals surface area contributed by atoms with E-state index in [0.29, 0.717) is 13.1 Å². The van der Waals surface area contributed by atoms with Gasteiger partial charge in [0.05, 0.1) is 6.61 Å². The van der Waals surface area contributed by atoms with Gasteiger partial charge in [0, 0.05) is 37.2 Å². The molecule has 1 aliphatic rings. The third kappa shape index (κ3) is 3.20. The summed E-state index contributed by atoms with van der Waals surface area (Å²) in [6.07, 6.45) is 3.90. The van der Waals surface area contributed by atoms with Gasteiger partial charge < -0.3 is 15.0 Å². The molecule has 0 aliphatic heterocycles. The molecule has 1 fully saturated rings. The van der Waals surface area contributed by atoms with Crippen molar-refractivity contribution in [2.75, 3.05) is 13.2 Å². The summed E-state index contributed by atoms with van der Waals surface area (Å²) in [5.74, 6) is -0.0783. The number of nitrogens with one attached hydrogen (secondary N) is 1. The fraction of sp³-hybridized carbons (Fsp3) is 0.538. The molecule has 1 aromatic rings. The Labute approximate surface area is 105 Å². The standard InChI is InChI=1S/C13H18N2O3/c16-10-13(5-6-13)9-14-11(17)4-8-15-7-2-1-3-12(15)18/h1-3,7,16H,4-6,8-10H2,(H,14,17). The van der Waals surface area contributed by atoms with Crippen LogP contribution in [-0.2, 0) is 11.3 Å². The number of carbonyl (C=O) groups is 1.